The molecular formula is C14H15BrN2OS. The maximum Gasteiger partial charge on any atom is 0.224 e. The Morgan fingerprint density at radius 3 is 2.79 bits per heavy atom. The van der Waals surface area contributed by atoms with Crippen molar-refractivity contribution < 1.29 is 4.79 Å². The Balaban J connectivity index is 1.99. The first-order valence-electron chi connectivity index (χ1n) is 6.04. The molecule has 100 valence electrons. The molecule has 0 unspecified atom stereocenters. The molecule has 3 nitrogen and oxygen atoms in total. The predicted octanol–water partition coefficient (Wildman–Crippen LogP) is 4.47. The molecule has 0 aliphatic carbocycles. The fourth-order valence-corrected chi connectivity index (χ4v) is 3.02. The number of amides is 1. The number of anilines is 2. The zero-order valence-corrected chi connectivity index (χ0v) is 13.0. The van der Waals surface area contributed by atoms with E-state index >= 15 is 0 Å². The van der Waals surface area contributed by atoms with Gasteiger partial charge in [0.25, 0.3) is 0 Å². The predicted molar refractivity (Wildman–Crippen MR) is 84.7 cm³/mol. The van der Waals surface area contributed by atoms with Gasteiger partial charge in [0.05, 0.1) is 6.54 Å². The first kappa shape index (κ1) is 14.1. The zero-order valence-electron chi connectivity index (χ0n) is 10.6. The van der Waals surface area contributed by atoms with Crippen LogP contribution in [-0.4, -0.2) is 5.91 Å². The third-order valence-corrected chi connectivity index (χ3v) is 4.54. The topological polar surface area (TPSA) is 41.1 Å². The Kier molecular flexibility index (Phi) is 4.99. The molecule has 2 N–H and O–H groups in total. The minimum atomic E-state index is 0.0261. The minimum Gasteiger partial charge on any atom is -0.380 e. The fraction of sp³-hybridized carbons (Fsp3) is 0.214. The van der Waals surface area contributed by atoms with Crippen molar-refractivity contribution in [3.8, 4) is 0 Å². The van der Waals surface area contributed by atoms with Gasteiger partial charge < -0.3 is 10.6 Å². The molecule has 0 saturated carbocycles. The van der Waals surface area contributed by atoms with Crippen LogP contribution in [-0.2, 0) is 11.3 Å². The molecule has 1 heterocycles. The van der Waals surface area contributed by atoms with Gasteiger partial charge in [0.15, 0.2) is 0 Å². The lowest BCUT2D eigenvalue weighted by molar-refractivity contribution is -0.115. The van der Waals surface area contributed by atoms with E-state index < -0.39 is 0 Å². The molecule has 0 atom stereocenters. The van der Waals surface area contributed by atoms with E-state index in [1.807, 2.05) is 37.3 Å². The van der Waals surface area contributed by atoms with Crippen LogP contribution in [0.1, 0.15) is 18.2 Å². The molecule has 19 heavy (non-hydrogen) atoms. The zero-order chi connectivity index (χ0) is 13.7. The summed E-state index contributed by atoms with van der Waals surface area (Å²) in [5.74, 6) is 0.0261. The summed E-state index contributed by atoms with van der Waals surface area (Å²) >= 11 is 5.22. The lowest BCUT2D eigenvalue weighted by Crippen LogP contribution is -2.09. The van der Waals surface area contributed by atoms with E-state index in [4.69, 9.17) is 0 Å². The molecule has 0 aliphatic rings. The maximum atomic E-state index is 11.3. The molecule has 0 bridgehead atoms. The lowest BCUT2D eigenvalue weighted by atomic mass is 10.2. The number of thiophene rings is 1. The van der Waals surface area contributed by atoms with Gasteiger partial charge in [0, 0.05) is 27.1 Å². The van der Waals surface area contributed by atoms with Crippen molar-refractivity contribution in [2.45, 2.75) is 19.9 Å². The highest BCUT2D eigenvalue weighted by atomic mass is 79.9. The molecule has 1 aromatic heterocycles. The molecule has 2 rings (SSSR count). The van der Waals surface area contributed by atoms with Crippen molar-refractivity contribution in [2.24, 2.45) is 0 Å². The van der Waals surface area contributed by atoms with Crippen molar-refractivity contribution in [2.75, 3.05) is 10.6 Å². The summed E-state index contributed by atoms with van der Waals surface area (Å²) in [5.41, 5.74) is 1.82. The molecule has 2 aromatic rings. The largest absolute Gasteiger partial charge is 0.380 e. The SMILES string of the molecule is CCC(=O)Nc1cccc(NCc2sccc2Br)c1. The Morgan fingerprint density at radius 1 is 1.32 bits per heavy atom. The van der Waals surface area contributed by atoms with Crippen LogP contribution >= 0.6 is 27.3 Å². The fourth-order valence-electron chi connectivity index (χ4n) is 1.59. The molecule has 0 aliphatic heterocycles. The molecule has 1 aromatic carbocycles. The Labute approximate surface area is 125 Å². The van der Waals surface area contributed by atoms with Gasteiger partial charge in [-0.25, -0.2) is 0 Å². The number of benzene rings is 1. The summed E-state index contributed by atoms with van der Waals surface area (Å²) in [6.07, 6.45) is 0.486. The van der Waals surface area contributed by atoms with E-state index in [1.165, 1.54) is 4.88 Å². The van der Waals surface area contributed by atoms with Gasteiger partial charge in [-0.2, -0.15) is 0 Å². The summed E-state index contributed by atoms with van der Waals surface area (Å²) in [6, 6.07) is 9.79. The van der Waals surface area contributed by atoms with Crippen LogP contribution in [0, 0.1) is 0 Å². The van der Waals surface area contributed by atoms with E-state index in [1.54, 1.807) is 11.3 Å². The second-order valence-corrected chi connectivity index (χ2v) is 5.88. The van der Waals surface area contributed by atoms with Gasteiger partial charge in [0.2, 0.25) is 5.91 Å². The standard InChI is InChI=1S/C14H15BrN2OS/c1-2-14(18)17-11-5-3-4-10(8-11)16-9-13-12(15)6-7-19-13/h3-8,16H,2,9H2,1H3,(H,17,18). The van der Waals surface area contributed by atoms with Crippen LogP contribution < -0.4 is 10.6 Å². The number of carbonyl (C=O) groups is 1. The average Bonchev–Trinajstić information content (AvgIpc) is 2.82. The normalized spacial score (nSPS) is 10.2. The van der Waals surface area contributed by atoms with Crippen LogP contribution in [0.3, 0.4) is 0 Å². The number of carbonyl (C=O) groups excluding carboxylic acids is 1. The van der Waals surface area contributed by atoms with E-state index in [2.05, 4.69) is 31.9 Å². The van der Waals surface area contributed by atoms with Crippen molar-refractivity contribution in [3.05, 3.63) is 45.1 Å². The van der Waals surface area contributed by atoms with Crippen molar-refractivity contribution in [3.63, 3.8) is 0 Å². The summed E-state index contributed by atoms with van der Waals surface area (Å²) in [4.78, 5) is 12.6. The van der Waals surface area contributed by atoms with E-state index in [9.17, 15) is 4.79 Å². The molecule has 0 spiro atoms. The second-order valence-electron chi connectivity index (χ2n) is 4.03. The average molecular weight is 339 g/mol. The van der Waals surface area contributed by atoms with Gasteiger partial charge in [-0.15, -0.1) is 11.3 Å². The highest BCUT2D eigenvalue weighted by Crippen LogP contribution is 2.24. The highest BCUT2D eigenvalue weighted by molar-refractivity contribution is 9.10. The van der Waals surface area contributed by atoms with Crippen LogP contribution in [0.4, 0.5) is 11.4 Å². The second kappa shape index (κ2) is 6.73. The monoisotopic (exact) mass is 338 g/mol. The number of hydrogen-bond donors (Lipinski definition) is 2. The summed E-state index contributed by atoms with van der Waals surface area (Å²) < 4.78 is 1.13. The van der Waals surface area contributed by atoms with Crippen molar-refractivity contribution >= 4 is 44.5 Å². The number of hydrogen-bond acceptors (Lipinski definition) is 3. The van der Waals surface area contributed by atoms with E-state index in [-0.39, 0.29) is 5.91 Å². The first-order valence-corrected chi connectivity index (χ1v) is 7.72. The molecule has 0 saturated heterocycles. The third-order valence-electron chi connectivity index (χ3n) is 2.61. The smallest absolute Gasteiger partial charge is 0.224 e. The third kappa shape index (κ3) is 4.08. The Morgan fingerprint density at radius 2 is 2.11 bits per heavy atom. The van der Waals surface area contributed by atoms with Gasteiger partial charge >= 0.3 is 0 Å². The quantitative estimate of drug-likeness (QED) is 0.844. The maximum absolute atomic E-state index is 11.3. The number of nitrogens with one attached hydrogen (secondary N) is 2. The number of halogens is 1. The Hall–Kier alpha value is -1.33. The summed E-state index contributed by atoms with van der Waals surface area (Å²) in [7, 11) is 0. The van der Waals surface area contributed by atoms with Gasteiger partial charge in [-0.1, -0.05) is 13.0 Å². The minimum absolute atomic E-state index is 0.0261. The van der Waals surface area contributed by atoms with Crippen molar-refractivity contribution in [1.82, 2.24) is 0 Å². The van der Waals surface area contributed by atoms with Gasteiger partial charge in [0.1, 0.15) is 0 Å². The number of rotatable bonds is 5. The molecule has 5 heteroatoms. The molecular weight excluding hydrogens is 324 g/mol. The van der Waals surface area contributed by atoms with Crippen LogP contribution in [0.25, 0.3) is 0 Å². The van der Waals surface area contributed by atoms with E-state index in [0.717, 1.165) is 22.4 Å². The molecule has 0 fully saturated rings. The van der Waals surface area contributed by atoms with Crippen LogP contribution in [0.15, 0.2) is 40.2 Å². The van der Waals surface area contributed by atoms with Crippen LogP contribution in [0.5, 0.6) is 0 Å². The summed E-state index contributed by atoms with van der Waals surface area (Å²) in [6.45, 7) is 2.61. The van der Waals surface area contributed by atoms with Crippen LogP contribution in [0.2, 0.25) is 0 Å². The first-order chi connectivity index (χ1) is 9.19. The molecule has 1 amide bonds. The summed E-state index contributed by atoms with van der Waals surface area (Å²) in [5, 5.41) is 8.25. The lowest BCUT2D eigenvalue weighted by Gasteiger charge is -2.08. The van der Waals surface area contributed by atoms with Gasteiger partial charge in [-0.3, -0.25) is 4.79 Å². The van der Waals surface area contributed by atoms with Gasteiger partial charge in [-0.05, 0) is 45.6 Å². The van der Waals surface area contributed by atoms with Crippen molar-refractivity contribution in [1.29, 1.82) is 0 Å². The molecule has 0 radical (unpaired) electrons. The Bertz CT molecular complexity index is 568. The highest BCUT2D eigenvalue weighted by Gasteiger charge is 2.02. The van der Waals surface area contributed by atoms with E-state index in [0.29, 0.717) is 6.42 Å².